The lowest BCUT2D eigenvalue weighted by molar-refractivity contribution is -0.134. The number of piperazine rings is 1. The summed E-state index contributed by atoms with van der Waals surface area (Å²) in [4.78, 5) is 18.1. The summed E-state index contributed by atoms with van der Waals surface area (Å²) in [6, 6.07) is 24.2. The molecule has 0 aromatic heterocycles. The van der Waals surface area contributed by atoms with E-state index in [9.17, 15) is 4.79 Å². The molecule has 1 aliphatic rings. The average Bonchev–Trinajstić information content (AvgIpc) is 2.80. The Kier molecular flexibility index (Phi) is 7.31. The monoisotopic (exact) mass is 480 g/mol. The Bertz CT molecular complexity index is 1100. The van der Waals surface area contributed by atoms with Gasteiger partial charge in [0.1, 0.15) is 0 Å². The van der Waals surface area contributed by atoms with E-state index >= 15 is 0 Å². The smallest absolute Gasteiger partial charge is 0.230 e. The van der Waals surface area contributed by atoms with Crippen molar-refractivity contribution in [2.75, 3.05) is 24.5 Å². The number of hydrogen-bond acceptors (Lipinski definition) is 2. The molecule has 1 saturated heterocycles. The van der Waals surface area contributed by atoms with Crippen molar-refractivity contribution in [3.63, 3.8) is 0 Å². The molecule has 2 atom stereocenters. The van der Waals surface area contributed by atoms with E-state index in [4.69, 9.17) is 23.2 Å². The molecule has 3 aromatic rings. The van der Waals surface area contributed by atoms with Gasteiger partial charge in [-0.3, -0.25) is 4.79 Å². The molecule has 3 aromatic carbocycles. The predicted octanol–water partition coefficient (Wildman–Crippen LogP) is 7.13. The fourth-order valence-electron chi connectivity index (χ4n) is 4.76. The number of benzene rings is 3. The van der Waals surface area contributed by atoms with Crippen LogP contribution in [0.4, 0.5) is 5.69 Å². The molecular weight excluding hydrogens is 451 g/mol. The number of aryl methyl sites for hydroxylation is 1. The molecule has 0 N–H and O–H groups in total. The Morgan fingerprint density at radius 2 is 1.64 bits per heavy atom. The van der Waals surface area contributed by atoms with Gasteiger partial charge in [-0.1, -0.05) is 85.6 Å². The van der Waals surface area contributed by atoms with Gasteiger partial charge in [-0.2, -0.15) is 0 Å². The normalized spacial score (nSPS) is 17.3. The third-order valence-electron chi connectivity index (χ3n) is 6.45. The van der Waals surface area contributed by atoms with Crippen molar-refractivity contribution in [1.82, 2.24) is 4.90 Å². The molecule has 172 valence electrons. The van der Waals surface area contributed by atoms with Crippen LogP contribution in [-0.4, -0.2) is 30.4 Å². The maximum absolute atomic E-state index is 13.8. The molecule has 0 aliphatic carbocycles. The Morgan fingerprint density at radius 1 is 0.939 bits per heavy atom. The highest BCUT2D eigenvalue weighted by atomic mass is 35.5. The standard InChI is InChI=1S/C28H30Cl2N2O/c1-19(2)27(22-7-5-4-6-8-22)28(33)31-15-16-32(25-14-9-20(3)17-24(25)30)26(18-31)21-10-12-23(29)13-11-21/h4-14,17,19,26-27H,15-16,18H2,1-3H3. The lowest BCUT2D eigenvalue weighted by Crippen LogP contribution is -2.52. The SMILES string of the molecule is Cc1ccc(N2CCN(C(=O)C(c3ccccc3)C(C)C)CC2c2ccc(Cl)cc2)c(Cl)c1. The second-order valence-corrected chi connectivity index (χ2v) is 9.98. The van der Waals surface area contributed by atoms with Gasteiger partial charge in [0.05, 0.1) is 22.7 Å². The Balaban J connectivity index is 1.67. The van der Waals surface area contributed by atoms with Crippen LogP contribution in [0.1, 0.15) is 42.5 Å². The molecule has 33 heavy (non-hydrogen) atoms. The number of rotatable bonds is 5. The molecular formula is C28H30Cl2N2O. The first-order valence-electron chi connectivity index (χ1n) is 11.5. The van der Waals surface area contributed by atoms with Crippen molar-refractivity contribution in [2.24, 2.45) is 5.92 Å². The first kappa shape index (κ1) is 23.7. The van der Waals surface area contributed by atoms with Gasteiger partial charge in [-0.05, 0) is 53.8 Å². The maximum Gasteiger partial charge on any atom is 0.230 e. The van der Waals surface area contributed by atoms with E-state index in [1.807, 2.05) is 60.4 Å². The van der Waals surface area contributed by atoms with Crippen LogP contribution in [0.2, 0.25) is 10.0 Å². The van der Waals surface area contributed by atoms with Gasteiger partial charge in [0.15, 0.2) is 0 Å². The van der Waals surface area contributed by atoms with Crippen LogP contribution in [0, 0.1) is 12.8 Å². The summed E-state index contributed by atoms with van der Waals surface area (Å²) in [7, 11) is 0. The van der Waals surface area contributed by atoms with E-state index in [1.54, 1.807) is 0 Å². The number of amides is 1. The van der Waals surface area contributed by atoms with Crippen molar-refractivity contribution in [2.45, 2.75) is 32.7 Å². The van der Waals surface area contributed by atoms with Crippen molar-refractivity contribution >= 4 is 34.8 Å². The highest BCUT2D eigenvalue weighted by Gasteiger charge is 2.35. The predicted molar refractivity (Wildman–Crippen MR) is 138 cm³/mol. The maximum atomic E-state index is 13.8. The molecule has 0 spiro atoms. The number of anilines is 1. The second kappa shape index (κ2) is 10.2. The van der Waals surface area contributed by atoms with Crippen LogP contribution < -0.4 is 4.90 Å². The minimum absolute atomic E-state index is 0.0104. The Hall–Kier alpha value is -2.49. The minimum atomic E-state index is -0.161. The van der Waals surface area contributed by atoms with E-state index in [-0.39, 0.29) is 23.8 Å². The lowest BCUT2D eigenvalue weighted by Gasteiger charge is -2.44. The quantitative estimate of drug-likeness (QED) is 0.387. The Morgan fingerprint density at radius 3 is 2.27 bits per heavy atom. The average molecular weight is 481 g/mol. The highest BCUT2D eigenvalue weighted by molar-refractivity contribution is 6.33. The number of carbonyl (C=O) groups excluding carboxylic acids is 1. The first-order chi connectivity index (χ1) is 15.8. The first-order valence-corrected chi connectivity index (χ1v) is 12.2. The van der Waals surface area contributed by atoms with Crippen LogP contribution in [0.3, 0.4) is 0 Å². The van der Waals surface area contributed by atoms with Crippen LogP contribution in [0.15, 0.2) is 72.8 Å². The summed E-state index contributed by atoms with van der Waals surface area (Å²) in [6.45, 7) is 8.24. The molecule has 0 radical (unpaired) electrons. The van der Waals surface area contributed by atoms with Gasteiger partial charge >= 0.3 is 0 Å². The fraction of sp³-hybridized carbons (Fsp3) is 0.321. The second-order valence-electron chi connectivity index (χ2n) is 9.13. The molecule has 1 aliphatic heterocycles. The molecule has 1 fully saturated rings. The summed E-state index contributed by atoms with van der Waals surface area (Å²) in [5.74, 6) is 0.231. The van der Waals surface area contributed by atoms with Crippen molar-refractivity contribution in [1.29, 1.82) is 0 Å². The van der Waals surface area contributed by atoms with Crippen LogP contribution in [0.5, 0.6) is 0 Å². The summed E-state index contributed by atoms with van der Waals surface area (Å²) in [5.41, 5.74) is 4.32. The van der Waals surface area contributed by atoms with E-state index in [1.165, 1.54) is 0 Å². The molecule has 4 rings (SSSR count). The zero-order valence-electron chi connectivity index (χ0n) is 19.3. The summed E-state index contributed by atoms with van der Waals surface area (Å²) >= 11 is 12.8. The van der Waals surface area contributed by atoms with E-state index in [2.05, 4.69) is 43.0 Å². The molecule has 0 bridgehead atoms. The molecule has 5 heteroatoms. The van der Waals surface area contributed by atoms with E-state index in [0.717, 1.165) is 27.4 Å². The topological polar surface area (TPSA) is 23.6 Å². The number of nitrogens with zero attached hydrogens (tertiary/aromatic N) is 2. The zero-order chi connectivity index (χ0) is 23.5. The van der Waals surface area contributed by atoms with Crippen LogP contribution in [-0.2, 0) is 4.79 Å². The van der Waals surface area contributed by atoms with Gasteiger partial charge < -0.3 is 9.80 Å². The Labute approximate surface area is 206 Å². The molecule has 3 nitrogen and oxygen atoms in total. The molecule has 0 saturated carbocycles. The van der Waals surface area contributed by atoms with Crippen LogP contribution in [0.25, 0.3) is 0 Å². The highest BCUT2D eigenvalue weighted by Crippen LogP contribution is 2.37. The van der Waals surface area contributed by atoms with Gasteiger partial charge in [-0.25, -0.2) is 0 Å². The molecule has 1 heterocycles. The van der Waals surface area contributed by atoms with Gasteiger partial charge in [0.25, 0.3) is 0 Å². The van der Waals surface area contributed by atoms with E-state index < -0.39 is 0 Å². The zero-order valence-corrected chi connectivity index (χ0v) is 20.9. The third-order valence-corrected chi connectivity index (χ3v) is 7.01. The summed E-state index contributed by atoms with van der Waals surface area (Å²) in [6.07, 6.45) is 0. The largest absolute Gasteiger partial charge is 0.360 e. The molecule has 2 unspecified atom stereocenters. The third kappa shape index (κ3) is 5.20. The fourth-order valence-corrected chi connectivity index (χ4v) is 5.23. The van der Waals surface area contributed by atoms with Gasteiger partial charge in [-0.15, -0.1) is 0 Å². The number of hydrogen-bond donors (Lipinski definition) is 0. The van der Waals surface area contributed by atoms with Crippen LogP contribution >= 0.6 is 23.2 Å². The number of halogens is 2. The summed E-state index contributed by atoms with van der Waals surface area (Å²) in [5, 5.41) is 1.43. The minimum Gasteiger partial charge on any atom is -0.360 e. The van der Waals surface area contributed by atoms with Gasteiger partial charge in [0.2, 0.25) is 5.91 Å². The molecule has 1 amide bonds. The lowest BCUT2D eigenvalue weighted by atomic mass is 9.86. The van der Waals surface area contributed by atoms with Crippen molar-refractivity contribution in [3.05, 3.63) is 99.5 Å². The van der Waals surface area contributed by atoms with Crippen molar-refractivity contribution in [3.8, 4) is 0 Å². The number of carbonyl (C=O) groups is 1. The van der Waals surface area contributed by atoms with Gasteiger partial charge in [0, 0.05) is 24.7 Å². The summed E-state index contributed by atoms with van der Waals surface area (Å²) < 4.78 is 0. The van der Waals surface area contributed by atoms with E-state index in [0.29, 0.717) is 24.7 Å². The van der Waals surface area contributed by atoms with Crippen molar-refractivity contribution < 1.29 is 4.79 Å².